The van der Waals surface area contributed by atoms with E-state index in [4.69, 9.17) is 4.74 Å². The first-order valence-electron chi connectivity index (χ1n) is 9.97. The van der Waals surface area contributed by atoms with Gasteiger partial charge in [-0.1, -0.05) is 0 Å². The summed E-state index contributed by atoms with van der Waals surface area (Å²) in [5.74, 6) is 0.101. The van der Waals surface area contributed by atoms with Crippen LogP contribution in [-0.4, -0.2) is 63.3 Å². The van der Waals surface area contributed by atoms with Crippen molar-refractivity contribution < 1.29 is 18.7 Å². The minimum atomic E-state index is -0.855. The molecule has 8 nitrogen and oxygen atoms in total. The molecular weight excluding hydrogens is 409 g/mol. The lowest BCUT2D eigenvalue weighted by molar-refractivity contribution is 0.0235. The van der Waals surface area contributed by atoms with Crippen molar-refractivity contribution in [1.82, 2.24) is 19.9 Å². The maximum absolute atomic E-state index is 13.6. The fourth-order valence-electron chi connectivity index (χ4n) is 3.45. The molecule has 0 spiro atoms. The summed E-state index contributed by atoms with van der Waals surface area (Å²) in [6, 6.07) is 0. The van der Waals surface area contributed by atoms with Gasteiger partial charge in [-0.15, -0.1) is 11.3 Å². The molecule has 0 aliphatic carbocycles. The fourth-order valence-corrected chi connectivity index (χ4v) is 4.48. The number of aromatic nitrogens is 3. The van der Waals surface area contributed by atoms with Crippen molar-refractivity contribution in [3.05, 3.63) is 23.0 Å². The van der Waals surface area contributed by atoms with Crippen molar-refractivity contribution in [1.29, 1.82) is 0 Å². The van der Waals surface area contributed by atoms with Crippen LogP contribution in [0.4, 0.5) is 15.1 Å². The van der Waals surface area contributed by atoms with Crippen LogP contribution in [0.3, 0.4) is 0 Å². The Balaban J connectivity index is 1.51. The molecule has 0 bridgehead atoms. The van der Waals surface area contributed by atoms with Gasteiger partial charge in [0.15, 0.2) is 0 Å². The van der Waals surface area contributed by atoms with Crippen LogP contribution in [0.15, 0.2) is 12.4 Å². The first-order valence-corrected chi connectivity index (χ1v) is 10.8. The zero-order valence-electron chi connectivity index (χ0n) is 17.2. The number of hydrogen-bond acceptors (Lipinski definition) is 8. The van der Waals surface area contributed by atoms with E-state index in [9.17, 15) is 14.0 Å². The average Bonchev–Trinajstić information content (AvgIpc) is 3.12. The topological polar surface area (TPSA) is 88.5 Å². The van der Waals surface area contributed by atoms with E-state index in [1.54, 1.807) is 33.2 Å². The number of alkyl halides is 1. The van der Waals surface area contributed by atoms with Gasteiger partial charge in [0, 0.05) is 37.5 Å². The van der Waals surface area contributed by atoms with Gasteiger partial charge in [0.2, 0.25) is 5.95 Å². The second-order valence-electron chi connectivity index (χ2n) is 8.44. The highest BCUT2D eigenvalue weighted by molar-refractivity contribution is 7.17. The molecule has 1 saturated heterocycles. The largest absolute Gasteiger partial charge is 0.443 e. The maximum Gasteiger partial charge on any atom is 0.417 e. The Kier molecular flexibility index (Phi) is 5.44. The molecule has 2 aliphatic rings. The molecule has 1 atom stereocenters. The molecule has 4 heterocycles. The third-order valence-electron chi connectivity index (χ3n) is 4.85. The number of hydrogen-bond donors (Lipinski definition) is 0. The zero-order chi connectivity index (χ0) is 21.5. The highest BCUT2D eigenvalue weighted by Crippen LogP contribution is 2.32. The molecule has 4 rings (SSSR count). The molecule has 0 radical (unpaired) electrons. The lowest BCUT2D eigenvalue weighted by Crippen LogP contribution is -2.44. The lowest BCUT2D eigenvalue weighted by atomic mass is 10.1. The summed E-state index contributed by atoms with van der Waals surface area (Å²) in [4.78, 5) is 41.8. The Morgan fingerprint density at radius 3 is 2.67 bits per heavy atom. The second kappa shape index (κ2) is 7.90. The van der Waals surface area contributed by atoms with Gasteiger partial charge in [0.05, 0.1) is 12.2 Å². The lowest BCUT2D eigenvalue weighted by Gasteiger charge is -2.28. The summed E-state index contributed by atoms with van der Waals surface area (Å²) in [5, 5.41) is 0.618. The van der Waals surface area contributed by atoms with E-state index in [-0.39, 0.29) is 6.54 Å². The van der Waals surface area contributed by atoms with Gasteiger partial charge >= 0.3 is 6.09 Å². The Labute approximate surface area is 178 Å². The van der Waals surface area contributed by atoms with Crippen LogP contribution in [0.5, 0.6) is 0 Å². The summed E-state index contributed by atoms with van der Waals surface area (Å²) in [5.41, 5.74) is 0.676. The third kappa shape index (κ3) is 4.28. The van der Waals surface area contributed by atoms with Gasteiger partial charge in [-0.2, -0.15) is 0 Å². The Hall–Kier alpha value is -2.62. The van der Waals surface area contributed by atoms with Crippen molar-refractivity contribution in [2.75, 3.05) is 24.5 Å². The van der Waals surface area contributed by atoms with Gasteiger partial charge in [0.1, 0.15) is 21.7 Å². The molecule has 0 unspecified atom stereocenters. The normalized spacial score (nSPS) is 19.6. The number of piperidine rings is 1. The Bertz CT molecular complexity index is 956. The number of fused-ring (bicyclic) bond motifs is 1. The summed E-state index contributed by atoms with van der Waals surface area (Å²) < 4.78 is 19.0. The minimum Gasteiger partial charge on any atom is -0.443 e. The third-order valence-corrected chi connectivity index (χ3v) is 5.99. The quantitative estimate of drug-likeness (QED) is 0.716. The maximum atomic E-state index is 13.6. The minimum absolute atomic E-state index is 0.235. The molecule has 2 aromatic heterocycles. The van der Waals surface area contributed by atoms with Gasteiger partial charge in [-0.3, -0.25) is 4.79 Å². The monoisotopic (exact) mass is 433 g/mol. The number of carbonyl (C=O) groups excluding carboxylic acids is 2. The molecule has 30 heavy (non-hydrogen) atoms. The molecule has 2 aliphatic heterocycles. The van der Waals surface area contributed by atoms with Crippen LogP contribution in [0.2, 0.25) is 0 Å². The van der Waals surface area contributed by atoms with Crippen LogP contribution in [0.1, 0.15) is 49.0 Å². The number of nitrogens with zero attached hydrogens (tertiary/aromatic N) is 5. The van der Waals surface area contributed by atoms with Crippen molar-refractivity contribution in [3.8, 4) is 10.6 Å². The molecule has 2 amide bonds. The van der Waals surface area contributed by atoms with Crippen molar-refractivity contribution in [2.24, 2.45) is 0 Å². The molecule has 10 heteroatoms. The Morgan fingerprint density at radius 1 is 1.27 bits per heavy atom. The van der Waals surface area contributed by atoms with Crippen molar-refractivity contribution >= 4 is 29.3 Å². The number of imide groups is 1. The van der Waals surface area contributed by atoms with E-state index in [1.807, 2.05) is 4.90 Å². The standard InChI is InChI=1S/C20H24FN5O3S/c1-20(2,3)29-19(28)26-8-6-14-15(17(26)27)30-16(24-14)12-9-22-18(23-10-12)25-7-4-5-13(21)11-25/h9-10,13H,4-8,11H2,1-3H3/t13-/m1/s1. The van der Waals surface area contributed by atoms with Crippen LogP contribution in [0.25, 0.3) is 10.6 Å². The number of halogens is 1. The van der Waals surface area contributed by atoms with E-state index in [2.05, 4.69) is 15.0 Å². The summed E-state index contributed by atoms with van der Waals surface area (Å²) in [6.45, 7) is 6.56. The van der Waals surface area contributed by atoms with E-state index in [0.29, 0.717) is 46.5 Å². The molecule has 2 aromatic rings. The first kappa shape index (κ1) is 20.6. The van der Waals surface area contributed by atoms with E-state index in [1.165, 1.54) is 11.3 Å². The van der Waals surface area contributed by atoms with Crippen LogP contribution >= 0.6 is 11.3 Å². The van der Waals surface area contributed by atoms with Crippen LogP contribution < -0.4 is 4.90 Å². The van der Waals surface area contributed by atoms with Gasteiger partial charge in [-0.05, 0) is 33.6 Å². The predicted molar refractivity (Wildman–Crippen MR) is 110 cm³/mol. The van der Waals surface area contributed by atoms with Crippen LogP contribution in [0, 0.1) is 0 Å². The summed E-state index contributed by atoms with van der Waals surface area (Å²) in [7, 11) is 0. The zero-order valence-corrected chi connectivity index (χ0v) is 18.0. The van der Waals surface area contributed by atoms with Crippen LogP contribution in [-0.2, 0) is 11.2 Å². The van der Waals surface area contributed by atoms with Crippen molar-refractivity contribution in [3.63, 3.8) is 0 Å². The highest BCUT2D eigenvalue weighted by atomic mass is 32.1. The van der Waals surface area contributed by atoms with E-state index in [0.717, 1.165) is 17.9 Å². The number of anilines is 1. The smallest absolute Gasteiger partial charge is 0.417 e. The number of amides is 2. The summed E-state index contributed by atoms with van der Waals surface area (Å²) in [6.07, 6.45) is 3.62. The average molecular weight is 434 g/mol. The second-order valence-corrected chi connectivity index (χ2v) is 9.44. The number of rotatable bonds is 2. The Morgan fingerprint density at radius 2 is 2.00 bits per heavy atom. The molecular formula is C20H24FN5O3S. The SMILES string of the molecule is CC(C)(C)OC(=O)N1CCc2nc(-c3cnc(N4CCC[C@@H](F)C4)nc3)sc2C1=O. The molecule has 0 N–H and O–H groups in total. The van der Waals surface area contributed by atoms with Gasteiger partial charge < -0.3 is 9.64 Å². The number of thiazole rings is 1. The molecule has 0 saturated carbocycles. The van der Waals surface area contributed by atoms with E-state index < -0.39 is 23.8 Å². The molecule has 160 valence electrons. The highest BCUT2D eigenvalue weighted by Gasteiger charge is 2.35. The first-order chi connectivity index (χ1) is 14.2. The number of ether oxygens (including phenoxy) is 1. The predicted octanol–water partition coefficient (Wildman–Crippen LogP) is 3.47. The summed E-state index contributed by atoms with van der Waals surface area (Å²) >= 11 is 1.21. The van der Waals surface area contributed by atoms with Crippen molar-refractivity contribution in [2.45, 2.75) is 51.8 Å². The number of carbonyl (C=O) groups is 2. The molecule has 0 aromatic carbocycles. The van der Waals surface area contributed by atoms with Gasteiger partial charge in [0.25, 0.3) is 5.91 Å². The van der Waals surface area contributed by atoms with Gasteiger partial charge in [-0.25, -0.2) is 29.0 Å². The molecule has 1 fully saturated rings. The fraction of sp³-hybridized carbons (Fsp3) is 0.550. The van der Waals surface area contributed by atoms with E-state index >= 15 is 0 Å².